The number of aromatic nitrogens is 1. The first kappa shape index (κ1) is 8.45. The quantitative estimate of drug-likeness (QED) is 0.645. The monoisotopic (exact) mass is 177 g/mol. The van der Waals surface area contributed by atoms with Gasteiger partial charge in [-0.3, -0.25) is 9.11 Å². The second kappa shape index (κ2) is 2.77. The predicted octanol–water partition coefficient (Wildman–Crippen LogP) is 1.96. The fourth-order valence-corrected chi connectivity index (χ4v) is 1.20. The Morgan fingerprint density at radius 1 is 1.45 bits per heavy atom. The van der Waals surface area contributed by atoms with Crippen LogP contribution in [0.1, 0.15) is 0 Å². The van der Waals surface area contributed by atoms with E-state index < -0.39 is 16.5 Å². The first-order valence-corrected chi connectivity index (χ1v) is 4.81. The van der Waals surface area contributed by atoms with Crippen LogP contribution in [0.3, 0.4) is 0 Å². The van der Waals surface area contributed by atoms with Crippen LogP contribution >= 0.6 is 10.6 Å². The van der Waals surface area contributed by atoms with E-state index in [0.717, 1.165) is 6.07 Å². The van der Waals surface area contributed by atoms with Crippen molar-refractivity contribution in [2.75, 3.05) is 6.26 Å². The lowest BCUT2D eigenvalue weighted by atomic mass is 10.5. The van der Waals surface area contributed by atoms with Crippen LogP contribution in [0, 0.1) is 5.95 Å². The van der Waals surface area contributed by atoms with Crippen molar-refractivity contribution in [2.45, 2.75) is 5.03 Å². The molecule has 0 amide bonds. The van der Waals surface area contributed by atoms with Gasteiger partial charge in [0.15, 0.2) is 0 Å². The summed E-state index contributed by atoms with van der Waals surface area (Å²) in [4.78, 5) is 3.31. The van der Waals surface area contributed by atoms with E-state index in [0.29, 0.717) is 0 Å². The van der Waals surface area contributed by atoms with E-state index >= 15 is 0 Å². The van der Waals surface area contributed by atoms with E-state index in [9.17, 15) is 4.39 Å². The lowest BCUT2D eigenvalue weighted by Crippen LogP contribution is -1.98. The zero-order valence-corrected chi connectivity index (χ0v) is 6.68. The van der Waals surface area contributed by atoms with E-state index in [4.69, 9.17) is 9.11 Å². The smallest absolute Gasteiger partial charge is 0.214 e. The van der Waals surface area contributed by atoms with Crippen molar-refractivity contribution in [2.24, 2.45) is 0 Å². The van der Waals surface area contributed by atoms with E-state index in [1.54, 1.807) is 0 Å². The molecule has 0 saturated carbocycles. The summed E-state index contributed by atoms with van der Waals surface area (Å²) in [7, 11) is -2.88. The summed E-state index contributed by atoms with van der Waals surface area (Å²) >= 11 is 0. The number of rotatable bonds is 1. The largest absolute Gasteiger partial charge is 0.294 e. The van der Waals surface area contributed by atoms with Crippen LogP contribution in [-0.2, 0) is 0 Å². The molecular formula is C6H8FNO2S. The topological polar surface area (TPSA) is 53.4 Å². The molecule has 0 bridgehead atoms. The van der Waals surface area contributed by atoms with E-state index in [1.165, 1.54) is 18.4 Å². The summed E-state index contributed by atoms with van der Waals surface area (Å²) in [6.07, 6.45) is 1.20. The molecule has 11 heavy (non-hydrogen) atoms. The maximum Gasteiger partial charge on any atom is 0.214 e. The standard InChI is InChI=1S/C6H8FNO2S/c1-11(9,10)6-4-2-3-5(7)8-6/h2-4,9-10H,1H3. The van der Waals surface area contributed by atoms with Crippen molar-refractivity contribution in [3.63, 3.8) is 0 Å². The molecule has 1 rings (SSSR count). The molecular weight excluding hydrogens is 169 g/mol. The SMILES string of the molecule is CS(O)(O)c1cccc(F)n1. The first-order valence-electron chi connectivity index (χ1n) is 2.86. The predicted molar refractivity (Wildman–Crippen MR) is 41.2 cm³/mol. The Morgan fingerprint density at radius 2 is 2.09 bits per heavy atom. The molecule has 0 atom stereocenters. The minimum Gasteiger partial charge on any atom is -0.294 e. The van der Waals surface area contributed by atoms with Crippen LogP contribution < -0.4 is 0 Å². The maximum absolute atomic E-state index is 12.4. The van der Waals surface area contributed by atoms with Gasteiger partial charge in [0.05, 0.1) is 0 Å². The summed E-state index contributed by atoms with van der Waals surface area (Å²) in [5.41, 5.74) is 0. The molecule has 0 unspecified atom stereocenters. The van der Waals surface area contributed by atoms with Crippen molar-refractivity contribution in [1.82, 2.24) is 4.98 Å². The van der Waals surface area contributed by atoms with Gasteiger partial charge in [-0.05, 0) is 12.1 Å². The molecule has 0 fully saturated rings. The normalized spacial score (nSPS) is 13.1. The fourth-order valence-electron chi connectivity index (χ4n) is 0.605. The Labute approximate surface area is 65.2 Å². The lowest BCUT2D eigenvalue weighted by Gasteiger charge is -2.24. The van der Waals surface area contributed by atoms with Crippen LogP contribution in [-0.4, -0.2) is 20.3 Å². The number of hydrogen-bond donors (Lipinski definition) is 2. The molecule has 0 radical (unpaired) electrons. The molecule has 1 aromatic rings. The molecule has 1 aromatic heterocycles. The van der Waals surface area contributed by atoms with Gasteiger partial charge in [0.25, 0.3) is 0 Å². The Balaban J connectivity index is 3.06. The highest BCUT2D eigenvalue weighted by molar-refractivity contribution is 8.23. The van der Waals surface area contributed by atoms with Crippen LogP contribution in [0.5, 0.6) is 0 Å². The van der Waals surface area contributed by atoms with E-state index in [2.05, 4.69) is 4.98 Å². The van der Waals surface area contributed by atoms with Gasteiger partial charge in [0.1, 0.15) is 5.03 Å². The van der Waals surface area contributed by atoms with E-state index in [1.807, 2.05) is 0 Å². The second-order valence-electron chi connectivity index (χ2n) is 2.13. The molecule has 0 aliphatic carbocycles. The van der Waals surface area contributed by atoms with Crippen molar-refractivity contribution < 1.29 is 13.5 Å². The number of pyridine rings is 1. The average Bonchev–Trinajstić information content (AvgIpc) is 1.86. The molecule has 0 spiro atoms. The Morgan fingerprint density at radius 3 is 2.45 bits per heavy atom. The Hall–Kier alpha value is -0.650. The summed E-state index contributed by atoms with van der Waals surface area (Å²) in [6.45, 7) is 0. The highest BCUT2D eigenvalue weighted by Crippen LogP contribution is 2.41. The molecule has 62 valence electrons. The second-order valence-corrected chi connectivity index (χ2v) is 4.22. The maximum atomic E-state index is 12.4. The third kappa shape index (κ3) is 2.14. The van der Waals surface area contributed by atoms with Crippen molar-refractivity contribution in [1.29, 1.82) is 0 Å². The van der Waals surface area contributed by atoms with Gasteiger partial charge in [0, 0.05) is 6.26 Å². The Kier molecular flexibility index (Phi) is 2.12. The number of hydrogen-bond acceptors (Lipinski definition) is 3. The highest BCUT2D eigenvalue weighted by atomic mass is 32.3. The lowest BCUT2D eigenvalue weighted by molar-refractivity contribution is 0.483. The van der Waals surface area contributed by atoms with Crippen LogP contribution in [0.4, 0.5) is 4.39 Å². The van der Waals surface area contributed by atoms with Crippen LogP contribution in [0.2, 0.25) is 0 Å². The molecule has 1 heterocycles. The first-order chi connectivity index (χ1) is 5.00. The zero-order chi connectivity index (χ0) is 8.48. The minimum absolute atomic E-state index is 0.0162. The molecule has 2 N–H and O–H groups in total. The van der Waals surface area contributed by atoms with Crippen LogP contribution in [0.15, 0.2) is 23.2 Å². The zero-order valence-electron chi connectivity index (χ0n) is 5.86. The Bertz CT molecular complexity index is 261. The van der Waals surface area contributed by atoms with E-state index in [-0.39, 0.29) is 5.03 Å². The van der Waals surface area contributed by atoms with Gasteiger partial charge in [0.2, 0.25) is 5.95 Å². The number of nitrogens with zero attached hydrogens (tertiary/aromatic N) is 1. The molecule has 5 heteroatoms. The van der Waals surface area contributed by atoms with Gasteiger partial charge in [-0.2, -0.15) is 15.0 Å². The number of halogens is 1. The van der Waals surface area contributed by atoms with Gasteiger partial charge in [-0.15, -0.1) is 0 Å². The highest BCUT2D eigenvalue weighted by Gasteiger charge is 2.09. The summed E-state index contributed by atoms with van der Waals surface area (Å²) < 4.78 is 30.4. The summed E-state index contributed by atoms with van der Waals surface area (Å²) in [5, 5.41) is -0.0162. The third-order valence-electron chi connectivity index (χ3n) is 1.09. The van der Waals surface area contributed by atoms with Gasteiger partial charge in [-0.25, -0.2) is 4.98 Å². The van der Waals surface area contributed by atoms with Crippen LogP contribution in [0.25, 0.3) is 0 Å². The molecule has 0 aliphatic heterocycles. The van der Waals surface area contributed by atoms with Gasteiger partial charge < -0.3 is 0 Å². The van der Waals surface area contributed by atoms with Gasteiger partial charge >= 0.3 is 0 Å². The molecule has 3 nitrogen and oxygen atoms in total. The summed E-state index contributed by atoms with van der Waals surface area (Å²) in [6, 6.07) is 3.91. The molecule has 0 aliphatic rings. The third-order valence-corrected chi connectivity index (χ3v) is 2.11. The van der Waals surface area contributed by atoms with Gasteiger partial charge in [-0.1, -0.05) is 6.07 Å². The van der Waals surface area contributed by atoms with Crippen molar-refractivity contribution in [3.05, 3.63) is 24.1 Å². The average molecular weight is 177 g/mol. The summed E-state index contributed by atoms with van der Waals surface area (Å²) in [5.74, 6) is -0.704. The minimum atomic E-state index is -2.88. The van der Waals surface area contributed by atoms with Crippen molar-refractivity contribution in [3.8, 4) is 0 Å². The fraction of sp³-hybridized carbons (Fsp3) is 0.167. The van der Waals surface area contributed by atoms with Crippen molar-refractivity contribution >= 4 is 10.6 Å². The molecule has 0 saturated heterocycles. The molecule has 0 aromatic carbocycles.